The highest BCUT2D eigenvalue weighted by Crippen LogP contribution is 2.54. The topological polar surface area (TPSA) is 72.9 Å². The van der Waals surface area contributed by atoms with Crippen LogP contribution in [0.3, 0.4) is 0 Å². The smallest absolute Gasteiger partial charge is 0.459 e. The van der Waals surface area contributed by atoms with Gasteiger partial charge in [-0.25, -0.2) is 8.78 Å². The zero-order chi connectivity index (χ0) is 37.8. The monoisotopic (exact) mass is 733 g/mol. The molecular formula is C24H28F17NO5. The summed E-state index contributed by atoms with van der Waals surface area (Å²) in [5, 5.41) is 0. The van der Waals surface area contributed by atoms with Gasteiger partial charge in [0.05, 0.1) is 24.9 Å². The molecule has 0 aromatic heterocycles. The normalized spacial score (nSPS) is 16.0. The zero-order valence-electron chi connectivity index (χ0n) is 24.5. The van der Waals surface area contributed by atoms with Crippen LogP contribution in [0.15, 0.2) is 0 Å². The fourth-order valence-corrected chi connectivity index (χ4v) is 3.74. The van der Waals surface area contributed by atoms with Gasteiger partial charge in [0.1, 0.15) is 0 Å². The number of esters is 2. The fourth-order valence-electron chi connectivity index (χ4n) is 3.74. The van der Waals surface area contributed by atoms with Gasteiger partial charge in [-0.2, -0.15) is 65.9 Å². The number of rotatable bonds is 18. The molecule has 3 unspecified atom stereocenters. The van der Waals surface area contributed by atoms with E-state index in [9.17, 15) is 89.0 Å². The van der Waals surface area contributed by atoms with Crippen LogP contribution in [0.2, 0.25) is 0 Å². The predicted octanol–water partition coefficient (Wildman–Crippen LogP) is 7.25. The van der Waals surface area contributed by atoms with Gasteiger partial charge in [-0.1, -0.05) is 13.8 Å². The van der Waals surface area contributed by atoms with Gasteiger partial charge in [-0.15, -0.1) is 0 Å². The van der Waals surface area contributed by atoms with Crippen molar-refractivity contribution >= 4 is 17.8 Å². The Bertz CT molecular complexity index is 1080. The molecular weight excluding hydrogens is 705 g/mol. The zero-order valence-corrected chi connectivity index (χ0v) is 24.5. The van der Waals surface area contributed by atoms with Crippen LogP contribution in [-0.2, 0) is 23.9 Å². The largest absolute Gasteiger partial charge is 0.465 e. The van der Waals surface area contributed by atoms with E-state index in [1.165, 1.54) is 14.1 Å². The van der Waals surface area contributed by atoms with E-state index < -0.39 is 123 Å². The minimum Gasteiger partial charge on any atom is -0.465 e. The van der Waals surface area contributed by atoms with Crippen molar-refractivity contribution in [3.63, 3.8) is 0 Å². The molecule has 47 heavy (non-hydrogen) atoms. The number of carbonyl (C=O) groups is 3. The summed E-state index contributed by atoms with van der Waals surface area (Å²) in [7, 11) is 2.41. The molecule has 0 N–H and O–H groups in total. The van der Waals surface area contributed by atoms with Gasteiger partial charge in [-0.05, 0) is 19.3 Å². The van der Waals surface area contributed by atoms with Crippen LogP contribution in [0.4, 0.5) is 74.6 Å². The number of alkyl halides is 17. The molecule has 0 radical (unpaired) electrons. The maximum absolute atomic E-state index is 14.0. The summed E-state index contributed by atoms with van der Waals surface area (Å²) in [6, 6.07) is 0. The van der Waals surface area contributed by atoms with E-state index >= 15 is 0 Å². The molecule has 3 atom stereocenters. The summed E-state index contributed by atoms with van der Waals surface area (Å²) in [5.41, 5.74) is 0. The first-order valence-electron chi connectivity index (χ1n) is 12.9. The van der Waals surface area contributed by atoms with Crippen molar-refractivity contribution in [3.05, 3.63) is 0 Å². The maximum atomic E-state index is 14.0. The van der Waals surface area contributed by atoms with Gasteiger partial charge in [0, 0.05) is 20.0 Å². The molecule has 0 rings (SSSR count). The molecule has 0 bridgehead atoms. The van der Waals surface area contributed by atoms with Crippen molar-refractivity contribution in [1.29, 1.82) is 0 Å². The molecule has 6 nitrogen and oxygen atoms in total. The number of hydrogen-bond acceptors (Lipinski definition) is 5. The third-order valence-electron chi connectivity index (χ3n) is 6.65. The van der Waals surface area contributed by atoms with Crippen molar-refractivity contribution in [2.45, 2.75) is 87.7 Å². The Morgan fingerprint density at radius 1 is 0.660 bits per heavy atom. The van der Waals surface area contributed by atoms with Crippen molar-refractivity contribution in [2.75, 3.05) is 27.3 Å². The lowest BCUT2D eigenvalue weighted by molar-refractivity contribution is -0.386. The lowest BCUT2D eigenvalue weighted by atomic mass is 9.86. The Labute approximate surface area is 254 Å². The third kappa shape index (κ3) is 9.65. The van der Waals surface area contributed by atoms with Crippen LogP contribution >= 0.6 is 0 Å². The Hall–Kier alpha value is -2.78. The molecule has 23 heteroatoms. The van der Waals surface area contributed by atoms with E-state index in [1.54, 1.807) is 0 Å². The molecule has 0 aliphatic carbocycles. The van der Waals surface area contributed by atoms with Gasteiger partial charge in [0.25, 0.3) is 0 Å². The number of ether oxygens (including phenoxy) is 2. The highest BCUT2D eigenvalue weighted by atomic mass is 19.4. The SMILES string of the molecule is CCC(CC(CC(C)C(=O)N(C)C)C(=O)OCCC(F)(F)C(F)(F)C(F)(F)F)C(=O)OCC(F)(F)C(F)(F)C(F)(F)C(F)(F)C(F)F. The number of hydrogen-bond donors (Lipinski definition) is 0. The molecule has 0 aliphatic rings. The molecule has 0 aromatic carbocycles. The molecule has 0 aliphatic heterocycles. The average Bonchev–Trinajstić information content (AvgIpc) is 2.91. The van der Waals surface area contributed by atoms with Gasteiger partial charge in [-0.3, -0.25) is 14.4 Å². The fraction of sp³-hybridized carbons (Fsp3) is 0.875. The van der Waals surface area contributed by atoms with Crippen LogP contribution in [0.5, 0.6) is 0 Å². The molecule has 0 saturated carbocycles. The van der Waals surface area contributed by atoms with E-state index in [0.717, 1.165) is 18.7 Å². The molecule has 1 amide bonds. The summed E-state index contributed by atoms with van der Waals surface area (Å²) >= 11 is 0. The Balaban J connectivity index is 6.02. The van der Waals surface area contributed by atoms with E-state index in [1.807, 2.05) is 0 Å². The summed E-state index contributed by atoms with van der Waals surface area (Å²) in [6.45, 7) is -2.73. The van der Waals surface area contributed by atoms with E-state index in [4.69, 9.17) is 0 Å². The van der Waals surface area contributed by atoms with Gasteiger partial charge < -0.3 is 14.4 Å². The minimum atomic E-state index is -7.39. The summed E-state index contributed by atoms with van der Waals surface area (Å²) in [4.78, 5) is 38.1. The molecule has 0 spiro atoms. The van der Waals surface area contributed by atoms with E-state index in [0.29, 0.717) is 0 Å². The highest BCUT2D eigenvalue weighted by molar-refractivity contribution is 5.80. The molecule has 0 fully saturated rings. The molecule has 0 aromatic rings. The van der Waals surface area contributed by atoms with Crippen molar-refractivity contribution in [3.8, 4) is 0 Å². The first kappa shape index (κ1) is 44.2. The van der Waals surface area contributed by atoms with Crippen LogP contribution < -0.4 is 0 Å². The quantitative estimate of drug-likeness (QED) is 0.110. The van der Waals surface area contributed by atoms with Gasteiger partial charge >= 0.3 is 60.1 Å². The second kappa shape index (κ2) is 15.2. The predicted molar refractivity (Wildman–Crippen MR) is 123 cm³/mol. The molecule has 0 saturated heterocycles. The number of amides is 1. The van der Waals surface area contributed by atoms with Crippen molar-refractivity contribution < 1.29 is 98.5 Å². The summed E-state index contributed by atoms with van der Waals surface area (Å²) in [6.07, 6.45) is -17.0. The molecule has 278 valence electrons. The van der Waals surface area contributed by atoms with Gasteiger partial charge in [0.2, 0.25) is 5.91 Å². The van der Waals surface area contributed by atoms with Crippen molar-refractivity contribution in [1.82, 2.24) is 4.90 Å². The highest BCUT2D eigenvalue weighted by Gasteiger charge is 2.83. The Morgan fingerprint density at radius 3 is 1.53 bits per heavy atom. The average molecular weight is 733 g/mol. The first-order valence-corrected chi connectivity index (χ1v) is 12.9. The Morgan fingerprint density at radius 2 is 1.13 bits per heavy atom. The number of halogens is 17. The maximum Gasteiger partial charge on any atom is 0.459 e. The lowest BCUT2D eigenvalue weighted by Gasteiger charge is -2.36. The lowest BCUT2D eigenvalue weighted by Crippen LogP contribution is -2.65. The van der Waals surface area contributed by atoms with Gasteiger partial charge in [0.15, 0.2) is 6.61 Å². The van der Waals surface area contributed by atoms with E-state index in [-0.39, 0.29) is 0 Å². The van der Waals surface area contributed by atoms with Crippen LogP contribution in [0.1, 0.15) is 39.5 Å². The van der Waals surface area contributed by atoms with E-state index in [2.05, 4.69) is 9.47 Å². The van der Waals surface area contributed by atoms with Crippen LogP contribution in [0, 0.1) is 17.8 Å². The summed E-state index contributed by atoms with van der Waals surface area (Å²) < 4.78 is 231. The number of carbonyl (C=O) groups excluding carboxylic acids is 3. The molecule has 0 heterocycles. The first-order chi connectivity index (χ1) is 20.8. The van der Waals surface area contributed by atoms with Crippen LogP contribution in [0.25, 0.3) is 0 Å². The van der Waals surface area contributed by atoms with Crippen LogP contribution in [-0.4, -0.2) is 98.2 Å². The second-order valence-electron chi connectivity index (χ2n) is 10.5. The minimum absolute atomic E-state index is 0.601. The van der Waals surface area contributed by atoms with Crippen molar-refractivity contribution in [2.24, 2.45) is 17.8 Å². The summed E-state index contributed by atoms with van der Waals surface area (Å²) in [5.74, 6) is -49.9. The number of nitrogens with zero attached hydrogens (tertiary/aromatic N) is 1. The standard InChI is InChI=1S/C24H28F17NO5/c1-5-12(15(44)47-10-19(29,30)21(33,34)23(37,38)20(31,32)17(25)26)9-13(8-11(2)14(43)42(3)4)16(45)46-7-6-18(27,28)22(35,36)24(39,40)41/h11-13,17H,5-10H2,1-4H3. The second-order valence-corrected chi connectivity index (χ2v) is 10.5. The third-order valence-corrected chi connectivity index (χ3v) is 6.65. The Kier molecular flexibility index (Phi) is 14.3.